The SMILES string of the molecule is Cl.Cl.O=C1CNCCN1Cc1cccnc1. The van der Waals surface area contributed by atoms with E-state index in [1.54, 1.807) is 12.4 Å². The Morgan fingerprint density at radius 3 is 2.88 bits per heavy atom. The van der Waals surface area contributed by atoms with Gasteiger partial charge in [0, 0.05) is 32.0 Å². The molecule has 0 aromatic carbocycles. The first-order chi connectivity index (χ1) is 6.86. The standard InChI is InChI=1S/C10H13N3O.2ClH/c14-10-7-12-4-5-13(10)8-9-2-1-3-11-6-9;;/h1-3,6,12H,4-5,7-8H2;2*1H. The van der Waals surface area contributed by atoms with Crippen LogP contribution in [0.25, 0.3) is 0 Å². The maximum absolute atomic E-state index is 11.4. The van der Waals surface area contributed by atoms with Crippen molar-refractivity contribution < 1.29 is 4.79 Å². The van der Waals surface area contributed by atoms with Crippen molar-refractivity contribution in [2.24, 2.45) is 0 Å². The molecule has 0 bridgehead atoms. The van der Waals surface area contributed by atoms with Crippen LogP contribution in [0.5, 0.6) is 0 Å². The number of pyridine rings is 1. The van der Waals surface area contributed by atoms with Gasteiger partial charge in [-0.3, -0.25) is 9.78 Å². The van der Waals surface area contributed by atoms with Crippen LogP contribution in [-0.2, 0) is 11.3 Å². The Bertz CT molecular complexity index is 321. The highest BCUT2D eigenvalue weighted by Gasteiger charge is 2.17. The number of amides is 1. The fourth-order valence-corrected chi connectivity index (χ4v) is 1.53. The molecular formula is C10H15Cl2N3O. The van der Waals surface area contributed by atoms with Crippen molar-refractivity contribution >= 4 is 30.7 Å². The number of piperazine rings is 1. The van der Waals surface area contributed by atoms with E-state index >= 15 is 0 Å². The van der Waals surface area contributed by atoms with E-state index in [0.717, 1.165) is 18.7 Å². The molecule has 0 aliphatic carbocycles. The van der Waals surface area contributed by atoms with Crippen LogP contribution >= 0.6 is 24.8 Å². The van der Waals surface area contributed by atoms with Gasteiger partial charge in [-0.05, 0) is 11.6 Å². The summed E-state index contributed by atoms with van der Waals surface area (Å²) in [6.45, 7) is 2.80. The average molecular weight is 264 g/mol. The molecule has 2 heterocycles. The molecule has 1 fully saturated rings. The predicted octanol–water partition coefficient (Wildman–Crippen LogP) is 0.857. The van der Waals surface area contributed by atoms with Crippen molar-refractivity contribution in [3.8, 4) is 0 Å². The maximum Gasteiger partial charge on any atom is 0.236 e. The fourth-order valence-electron chi connectivity index (χ4n) is 1.53. The molecule has 1 N–H and O–H groups in total. The number of nitrogens with zero attached hydrogens (tertiary/aromatic N) is 2. The third-order valence-electron chi connectivity index (χ3n) is 2.28. The molecule has 6 heteroatoms. The molecule has 1 amide bonds. The van der Waals surface area contributed by atoms with Crippen LogP contribution in [0, 0.1) is 0 Å². The topological polar surface area (TPSA) is 45.2 Å². The van der Waals surface area contributed by atoms with Crippen molar-refractivity contribution in [3.05, 3.63) is 30.1 Å². The van der Waals surface area contributed by atoms with Gasteiger partial charge in [-0.2, -0.15) is 0 Å². The second-order valence-electron chi connectivity index (χ2n) is 3.35. The van der Waals surface area contributed by atoms with Crippen LogP contribution in [-0.4, -0.2) is 35.4 Å². The largest absolute Gasteiger partial charge is 0.336 e. The van der Waals surface area contributed by atoms with E-state index in [2.05, 4.69) is 10.3 Å². The van der Waals surface area contributed by atoms with Crippen LogP contribution in [0.1, 0.15) is 5.56 Å². The van der Waals surface area contributed by atoms with E-state index in [4.69, 9.17) is 0 Å². The van der Waals surface area contributed by atoms with Crippen molar-refractivity contribution in [1.29, 1.82) is 0 Å². The molecule has 1 saturated heterocycles. The summed E-state index contributed by atoms with van der Waals surface area (Å²) in [6.07, 6.45) is 3.54. The number of carbonyl (C=O) groups is 1. The smallest absolute Gasteiger partial charge is 0.236 e. The van der Waals surface area contributed by atoms with E-state index in [1.165, 1.54) is 0 Å². The first-order valence-electron chi connectivity index (χ1n) is 4.73. The highest BCUT2D eigenvalue weighted by Crippen LogP contribution is 2.04. The van der Waals surface area contributed by atoms with Gasteiger partial charge in [-0.25, -0.2) is 0 Å². The van der Waals surface area contributed by atoms with Crippen LogP contribution in [0.15, 0.2) is 24.5 Å². The van der Waals surface area contributed by atoms with Gasteiger partial charge >= 0.3 is 0 Å². The molecule has 2 rings (SSSR count). The summed E-state index contributed by atoms with van der Waals surface area (Å²) in [5, 5.41) is 3.04. The summed E-state index contributed by atoms with van der Waals surface area (Å²) in [6, 6.07) is 3.88. The summed E-state index contributed by atoms with van der Waals surface area (Å²) in [5.41, 5.74) is 1.09. The van der Waals surface area contributed by atoms with E-state index in [1.807, 2.05) is 17.0 Å². The molecule has 0 atom stereocenters. The lowest BCUT2D eigenvalue weighted by molar-refractivity contribution is -0.132. The third kappa shape index (κ3) is 3.96. The van der Waals surface area contributed by atoms with Crippen molar-refractivity contribution in [2.45, 2.75) is 6.54 Å². The number of hydrogen-bond donors (Lipinski definition) is 1. The minimum atomic E-state index is 0. The van der Waals surface area contributed by atoms with Gasteiger partial charge in [-0.15, -0.1) is 24.8 Å². The highest BCUT2D eigenvalue weighted by atomic mass is 35.5. The van der Waals surface area contributed by atoms with Gasteiger partial charge in [0.15, 0.2) is 0 Å². The van der Waals surface area contributed by atoms with Crippen LogP contribution in [0.2, 0.25) is 0 Å². The number of halogens is 2. The monoisotopic (exact) mass is 263 g/mol. The molecule has 1 aliphatic rings. The molecule has 1 aromatic heterocycles. The predicted molar refractivity (Wildman–Crippen MR) is 67.0 cm³/mol. The first-order valence-corrected chi connectivity index (χ1v) is 4.73. The molecule has 1 aliphatic heterocycles. The molecule has 0 saturated carbocycles. The average Bonchev–Trinajstić information content (AvgIpc) is 2.23. The van der Waals surface area contributed by atoms with Crippen LogP contribution in [0.4, 0.5) is 0 Å². The highest BCUT2D eigenvalue weighted by molar-refractivity contribution is 5.85. The molecule has 0 spiro atoms. The molecular weight excluding hydrogens is 249 g/mol. The Balaban J connectivity index is 0.00000112. The minimum absolute atomic E-state index is 0. The second-order valence-corrected chi connectivity index (χ2v) is 3.35. The van der Waals surface area contributed by atoms with Gasteiger partial charge in [0.25, 0.3) is 0 Å². The molecule has 0 radical (unpaired) electrons. The summed E-state index contributed by atoms with van der Waals surface area (Å²) in [7, 11) is 0. The number of nitrogens with one attached hydrogen (secondary N) is 1. The summed E-state index contributed by atoms with van der Waals surface area (Å²) >= 11 is 0. The van der Waals surface area contributed by atoms with Gasteiger partial charge in [0.05, 0.1) is 6.54 Å². The lowest BCUT2D eigenvalue weighted by atomic mass is 10.2. The Morgan fingerprint density at radius 2 is 2.25 bits per heavy atom. The molecule has 16 heavy (non-hydrogen) atoms. The first kappa shape index (κ1) is 15.2. The normalized spacial score (nSPS) is 15.0. The lowest BCUT2D eigenvalue weighted by Crippen LogP contribution is -2.47. The number of hydrogen-bond acceptors (Lipinski definition) is 3. The quantitative estimate of drug-likeness (QED) is 0.861. The van der Waals surface area contributed by atoms with E-state index in [-0.39, 0.29) is 30.7 Å². The zero-order valence-electron chi connectivity index (χ0n) is 8.76. The molecule has 4 nitrogen and oxygen atoms in total. The van der Waals surface area contributed by atoms with Crippen molar-refractivity contribution in [3.63, 3.8) is 0 Å². The van der Waals surface area contributed by atoms with E-state index in [9.17, 15) is 4.79 Å². The second kappa shape index (κ2) is 7.44. The summed E-state index contributed by atoms with van der Waals surface area (Å²) < 4.78 is 0. The number of rotatable bonds is 2. The summed E-state index contributed by atoms with van der Waals surface area (Å²) in [5.74, 6) is 0.167. The number of aromatic nitrogens is 1. The van der Waals surface area contributed by atoms with Gasteiger partial charge in [0.2, 0.25) is 5.91 Å². The Labute approximate surface area is 107 Å². The van der Waals surface area contributed by atoms with Gasteiger partial charge < -0.3 is 10.2 Å². The van der Waals surface area contributed by atoms with E-state index < -0.39 is 0 Å². The maximum atomic E-state index is 11.4. The van der Waals surface area contributed by atoms with Crippen molar-refractivity contribution in [1.82, 2.24) is 15.2 Å². The molecule has 1 aromatic rings. The summed E-state index contributed by atoms with van der Waals surface area (Å²) in [4.78, 5) is 17.3. The van der Waals surface area contributed by atoms with Crippen LogP contribution in [0.3, 0.4) is 0 Å². The third-order valence-corrected chi connectivity index (χ3v) is 2.28. The van der Waals surface area contributed by atoms with Crippen molar-refractivity contribution in [2.75, 3.05) is 19.6 Å². The zero-order valence-corrected chi connectivity index (χ0v) is 10.4. The van der Waals surface area contributed by atoms with E-state index in [0.29, 0.717) is 13.1 Å². The minimum Gasteiger partial charge on any atom is -0.336 e. The van der Waals surface area contributed by atoms with Gasteiger partial charge in [0.1, 0.15) is 0 Å². The van der Waals surface area contributed by atoms with Gasteiger partial charge in [-0.1, -0.05) is 6.07 Å². The van der Waals surface area contributed by atoms with Crippen LogP contribution < -0.4 is 5.32 Å². The Hall–Kier alpha value is -0.840. The number of carbonyl (C=O) groups excluding carboxylic acids is 1. The molecule has 0 unspecified atom stereocenters. The molecule has 90 valence electrons. The lowest BCUT2D eigenvalue weighted by Gasteiger charge is -2.27. The Morgan fingerprint density at radius 1 is 1.44 bits per heavy atom. The zero-order chi connectivity index (χ0) is 9.80. The Kier molecular flexibility index (Phi) is 7.05. The fraction of sp³-hybridized carbons (Fsp3) is 0.400.